The van der Waals surface area contributed by atoms with E-state index in [4.69, 9.17) is 35.3 Å². The van der Waals surface area contributed by atoms with Crippen LogP contribution in [-0.2, 0) is 9.47 Å². The molecule has 2 saturated carbocycles. The van der Waals surface area contributed by atoms with Crippen LogP contribution in [0.2, 0.25) is 0 Å². The van der Waals surface area contributed by atoms with Gasteiger partial charge < -0.3 is 29.0 Å². The zero-order valence-electron chi connectivity index (χ0n) is 28.7. The van der Waals surface area contributed by atoms with E-state index in [1.54, 1.807) is 0 Å². The molecule has 2 aliphatic carbocycles. The highest BCUT2D eigenvalue weighted by Gasteiger charge is 2.51. The van der Waals surface area contributed by atoms with Gasteiger partial charge in [-0.1, -0.05) is 18.4 Å². The van der Waals surface area contributed by atoms with E-state index < -0.39 is 11.6 Å². The lowest BCUT2D eigenvalue weighted by molar-refractivity contribution is -0.0511. The summed E-state index contributed by atoms with van der Waals surface area (Å²) < 4.78 is 56.3. The number of nitrogens with zero attached hydrogens (tertiary/aromatic N) is 5. The average Bonchev–Trinajstić information content (AvgIpc) is 3.83. The molecule has 0 spiro atoms. The van der Waals surface area contributed by atoms with E-state index in [0.29, 0.717) is 48.4 Å². The van der Waals surface area contributed by atoms with Gasteiger partial charge in [0, 0.05) is 48.2 Å². The lowest BCUT2D eigenvalue weighted by Gasteiger charge is -2.50. The molecule has 5 fully saturated rings. The Bertz CT molecular complexity index is 2070. The fourth-order valence-electron chi connectivity index (χ4n) is 9.45. The number of aromatic nitrogens is 3. The smallest absolute Gasteiger partial charge is 0.319 e. The first-order valence-corrected chi connectivity index (χ1v) is 18.1. The highest BCUT2D eigenvalue weighted by molar-refractivity contribution is 6.04. The Morgan fingerprint density at radius 3 is 2.71 bits per heavy atom. The molecule has 3 aliphatic heterocycles. The minimum atomic E-state index is -0.778. The van der Waals surface area contributed by atoms with Crippen LogP contribution < -0.4 is 14.4 Å². The fourth-order valence-corrected chi connectivity index (χ4v) is 9.45. The number of rotatable bonds is 7. The number of terminal acetylenes is 1. The number of likely N-dealkylation sites (tertiary alicyclic amines) is 1. The summed E-state index contributed by atoms with van der Waals surface area (Å²) in [6.45, 7) is 4.17. The van der Waals surface area contributed by atoms with E-state index in [1.807, 2.05) is 0 Å². The zero-order valence-corrected chi connectivity index (χ0v) is 28.7. The number of aromatic hydroxyl groups is 1. The number of anilines is 1. The molecule has 1 N–H and O–H groups in total. The van der Waals surface area contributed by atoms with E-state index in [2.05, 4.69) is 20.7 Å². The van der Waals surface area contributed by atoms with E-state index in [9.17, 15) is 5.11 Å². The number of benzene rings is 2. The Hall–Kier alpha value is -4.31. The molecule has 10 nitrogen and oxygen atoms in total. The van der Waals surface area contributed by atoms with Crippen LogP contribution in [0.5, 0.6) is 17.6 Å². The highest BCUT2D eigenvalue weighted by atomic mass is 19.1. The maximum absolute atomic E-state index is 17.2. The van der Waals surface area contributed by atoms with Gasteiger partial charge in [0.25, 0.3) is 0 Å². The van der Waals surface area contributed by atoms with Gasteiger partial charge in [0.15, 0.2) is 5.82 Å². The van der Waals surface area contributed by atoms with Gasteiger partial charge in [-0.25, -0.2) is 13.8 Å². The van der Waals surface area contributed by atoms with E-state index in [0.717, 1.165) is 71.1 Å². The van der Waals surface area contributed by atoms with Crippen molar-refractivity contribution in [2.24, 2.45) is 5.41 Å². The van der Waals surface area contributed by atoms with Crippen molar-refractivity contribution in [1.29, 1.82) is 0 Å². The number of hydrogen-bond donors (Lipinski definition) is 1. The summed E-state index contributed by atoms with van der Waals surface area (Å²) in [6.07, 6.45) is 14.2. The zero-order chi connectivity index (χ0) is 34.9. The molecule has 2 aromatic heterocycles. The summed E-state index contributed by atoms with van der Waals surface area (Å²) in [5, 5.41) is 11.7. The Balaban J connectivity index is 1.17. The van der Waals surface area contributed by atoms with Gasteiger partial charge in [-0.15, -0.1) is 6.42 Å². The number of piperidine rings is 1. The number of halogens is 2. The summed E-state index contributed by atoms with van der Waals surface area (Å²) in [6, 6.07) is 6.59. The monoisotopic (exact) mass is 697 g/mol. The lowest BCUT2D eigenvalue weighted by Crippen LogP contribution is -2.56. The number of hydrogen-bond acceptors (Lipinski definition) is 10. The number of pyridine rings is 1. The van der Waals surface area contributed by atoms with Gasteiger partial charge >= 0.3 is 6.01 Å². The van der Waals surface area contributed by atoms with Crippen molar-refractivity contribution in [2.75, 3.05) is 51.5 Å². The maximum Gasteiger partial charge on any atom is 0.319 e. The van der Waals surface area contributed by atoms with Gasteiger partial charge in [0.05, 0.1) is 38.0 Å². The topological polar surface area (TPSA) is 102 Å². The third kappa shape index (κ3) is 5.43. The molecule has 12 heteroatoms. The third-order valence-corrected chi connectivity index (χ3v) is 11.9. The Morgan fingerprint density at radius 1 is 1.04 bits per heavy atom. The van der Waals surface area contributed by atoms with Crippen molar-refractivity contribution >= 4 is 27.5 Å². The third-order valence-electron chi connectivity index (χ3n) is 11.9. The van der Waals surface area contributed by atoms with Crippen molar-refractivity contribution in [2.45, 2.75) is 75.6 Å². The molecule has 51 heavy (non-hydrogen) atoms. The minimum Gasteiger partial charge on any atom is -0.508 e. The molecule has 3 saturated heterocycles. The van der Waals surface area contributed by atoms with Crippen molar-refractivity contribution in [3.8, 4) is 41.2 Å². The fraction of sp³-hybridized carbons (Fsp3) is 0.513. The molecule has 5 heterocycles. The molecule has 0 radical (unpaired) electrons. The molecule has 266 valence electrons. The predicted octanol–water partition coefficient (Wildman–Crippen LogP) is 5.99. The lowest BCUT2D eigenvalue weighted by atomic mass is 9.74. The van der Waals surface area contributed by atoms with Gasteiger partial charge in [-0.05, 0) is 75.1 Å². The number of fused-ring (bicyclic) bond motifs is 4. The number of morpholine rings is 1. The van der Waals surface area contributed by atoms with E-state index >= 15 is 8.78 Å². The summed E-state index contributed by atoms with van der Waals surface area (Å²) in [4.78, 5) is 19.2. The Morgan fingerprint density at radius 2 is 1.88 bits per heavy atom. The van der Waals surface area contributed by atoms with Crippen LogP contribution in [0.4, 0.5) is 14.6 Å². The van der Waals surface area contributed by atoms with Crippen LogP contribution in [0, 0.1) is 29.4 Å². The summed E-state index contributed by atoms with van der Waals surface area (Å²) in [7, 11) is 1.46. The molecule has 0 bridgehead atoms. The second-order valence-corrected chi connectivity index (χ2v) is 14.6. The average molecular weight is 698 g/mol. The summed E-state index contributed by atoms with van der Waals surface area (Å²) in [5.74, 6) is 1.40. The second-order valence-electron chi connectivity index (χ2n) is 14.6. The first-order valence-electron chi connectivity index (χ1n) is 18.1. The number of phenols is 1. The van der Waals surface area contributed by atoms with Crippen LogP contribution >= 0.6 is 0 Å². The van der Waals surface area contributed by atoms with E-state index in [1.165, 1.54) is 31.4 Å². The maximum atomic E-state index is 17.2. The van der Waals surface area contributed by atoms with Crippen molar-refractivity contribution < 1.29 is 32.8 Å². The molecule has 4 atom stereocenters. The minimum absolute atomic E-state index is 0.0383. The first kappa shape index (κ1) is 32.6. The molecule has 5 aliphatic rings. The number of ether oxygens (including phenoxy) is 4. The quantitative estimate of drug-likeness (QED) is 0.232. The number of methoxy groups -OCH3 is 1. The molecule has 9 rings (SSSR count). The summed E-state index contributed by atoms with van der Waals surface area (Å²) in [5.41, 5.74) is -0.210. The molecular weight excluding hydrogens is 656 g/mol. The van der Waals surface area contributed by atoms with Crippen molar-refractivity contribution in [3.05, 3.63) is 41.5 Å². The van der Waals surface area contributed by atoms with Crippen LogP contribution in [0.25, 0.3) is 32.9 Å². The van der Waals surface area contributed by atoms with Crippen molar-refractivity contribution in [3.63, 3.8) is 0 Å². The standard InChI is InChI=1S/C39H41F2N5O5/c1-3-25-27(40)8-7-22-18-24(47)19-26(31(22)25)34-33(41)35-32(37(42-34)48-2)36(46-14-17-50-29-20-28(29)46)44-38(43-35)51-21-39-11-4-6-30(39)45(13-5-12-39)23-9-15-49-16-10-23/h1,7-8,18-19,23,28-30,47H,4-6,9-17,20-21H2,2H3/t28?,29?,30-,39-/m1/s1. The molecule has 0 amide bonds. The van der Waals surface area contributed by atoms with E-state index in [-0.39, 0.29) is 62.9 Å². The van der Waals surface area contributed by atoms with Gasteiger partial charge in [-0.3, -0.25) is 4.90 Å². The number of phenolic OH excluding ortho intramolecular Hbond substituents is 1. The van der Waals surface area contributed by atoms with Crippen LogP contribution in [0.3, 0.4) is 0 Å². The van der Waals surface area contributed by atoms with Gasteiger partial charge in [0.2, 0.25) is 5.88 Å². The van der Waals surface area contributed by atoms with Gasteiger partial charge in [0.1, 0.15) is 34.0 Å². The molecule has 2 unspecified atom stereocenters. The molecule has 2 aromatic carbocycles. The molecule has 4 aromatic rings. The second kappa shape index (κ2) is 12.7. The predicted molar refractivity (Wildman–Crippen MR) is 187 cm³/mol. The van der Waals surface area contributed by atoms with Crippen LogP contribution in [0.1, 0.15) is 56.9 Å². The first-order chi connectivity index (χ1) is 24.9. The van der Waals surface area contributed by atoms with Crippen molar-refractivity contribution in [1.82, 2.24) is 19.9 Å². The summed E-state index contributed by atoms with van der Waals surface area (Å²) >= 11 is 0. The van der Waals surface area contributed by atoms with Crippen LogP contribution in [-0.4, -0.2) is 95.8 Å². The largest absolute Gasteiger partial charge is 0.508 e. The Kier molecular flexibility index (Phi) is 8.13. The highest BCUT2D eigenvalue weighted by Crippen LogP contribution is 2.50. The Labute approximate surface area is 295 Å². The van der Waals surface area contributed by atoms with Gasteiger partial charge in [-0.2, -0.15) is 9.97 Å². The SMILES string of the molecule is C#Cc1c(F)ccc2cc(O)cc(-c3nc(OC)c4c(N5CCOC6CC65)nc(OC[C@]56CCC[C@H]5N(C5CCOCC5)CCC6)nc4c3F)c12. The van der Waals surface area contributed by atoms with Crippen LogP contribution in [0.15, 0.2) is 24.3 Å². The molecular formula is C39H41F2N5O5. The normalized spacial score (nSPS) is 26.5.